The van der Waals surface area contributed by atoms with Crippen molar-refractivity contribution >= 4 is 17.5 Å². The van der Waals surface area contributed by atoms with Gasteiger partial charge in [0.25, 0.3) is 0 Å². The van der Waals surface area contributed by atoms with E-state index < -0.39 is 5.60 Å². The number of ketones is 1. The summed E-state index contributed by atoms with van der Waals surface area (Å²) in [5, 5.41) is 15.7. The van der Waals surface area contributed by atoms with E-state index in [2.05, 4.69) is 10.6 Å². The third-order valence-electron chi connectivity index (χ3n) is 3.89. The second kappa shape index (κ2) is 6.72. The van der Waals surface area contributed by atoms with Crippen molar-refractivity contribution in [1.29, 1.82) is 0 Å². The summed E-state index contributed by atoms with van der Waals surface area (Å²) in [6.45, 7) is 1.74. The van der Waals surface area contributed by atoms with E-state index in [1.54, 1.807) is 24.3 Å². The highest BCUT2D eigenvalue weighted by molar-refractivity contribution is 5.96. The molecule has 0 aliphatic heterocycles. The maximum atomic E-state index is 11.9. The average Bonchev–Trinajstić information content (AvgIpc) is 2.46. The Morgan fingerprint density at radius 2 is 1.95 bits per heavy atom. The smallest absolute Gasteiger partial charge is 0.319 e. The molecule has 21 heavy (non-hydrogen) atoms. The van der Waals surface area contributed by atoms with Crippen LogP contribution < -0.4 is 10.6 Å². The van der Waals surface area contributed by atoms with Crippen molar-refractivity contribution in [3.8, 4) is 0 Å². The summed E-state index contributed by atoms with van der Waals surface area (Å²) in [6.07, 6.45) is 4.60. The fraction of sp³-hybridized carbons (Fsp3) is 0.500. The highest BCUT2D eigenvalue weighted by Crippen LogP contribution is 2.27. The zero-order valence-electron chi connectivity index (χ0n) is 12.3. The molecule has 5 nitrogen and oxygen atoms in total. The Morgan fingerprint density at radius 3 is 2.62 bits per heavy atom. The fourth-order valence-corrected chi connectivity index (χ4v) is 2.62. The lowest BCUT2D eigenvalue weighted by atomic mass is 9.85. The number of nitrogens with one attached hydrogen (secondary N) is 2. The van der Waals surface area contributed by atoms with Crippen LogP contribution in [0.1, 0.15) is 49.4 Å². The molecule has 0 radical (unpaired) electrons. The third kappa shape index (κ3) is 4.56. The van der Waals surface area contributed by atoms with Crippen molar-refractivity contribution in [3.63, 3.8) is 0 Å². The number of carbonyl (C=O) groups is 2. The van der Waals surface area contributed by atoms with Gasteiger partial charge in [-0.2, -0.15) is 0 Å². The minimum atomic E-state index is -0.781. The number of benzene rings is 1. The van der Waals surface area contributed by atoms with Gasteiger partial charge in [-0.05, 0) is 31.9 Å². The van der Waals surface area contributed by atoms with Gasteiger partial charge in [0.1, 0.15) is 0 Å². The van der Waals surface area contributed by atoms with Crippen molar-refractivity contribution in [2.75, 3.05) is 11.9 Å². The van der Waals surface area contributed by atoms with Crippen molar-refractivity contribution in [1.82, 2.24) is 5.32 Å². The number of Topliss-reactive ketones (excluding diaryl/α,β-unsaturated/α-hetero) is 1. The average molecular weight is 290 g/mol. The molecular formula is C16H22N2O3. The molecule has 0 unspecified atom stereocenters. The van der Waals surface area contributed by atoms with E-state index in [1.807, 2.05) is 0 Å². The second-order valence-electron chi connectivity index (χ2n) is 5.73. The molecule has 5 heteroatoms. The molecule has 0 atom stereocenters. The normalized spacial score (nSPS) is 17.0. The number of hydrogen-bond donors (Lipinski definition) is 3. The number of aliphatic hydroxyl groups is 1. The van der Waals surface area contributed by atoms with Gasteiger partial charge in [-0.25, -0.2) is 4.79 Å². The second-order valence-corrected chi connectivity index (χ2v) is 5.73. The predicted octanol–water partition coefficient (Wildman–Crippen LogP) is 2.71. The van der Waals surface area contributed by atoms with Gasteiger partial charge in [0, 0.05) is 17.8 Å². The first-order chi connectivity index (χ1) is 9.98. The molecule has 0 heterocycles. The predicted molar refractivity (Wildman–Crippen MR) is 81.5 cm³/mol. The number of anilines is 1. The van der Waals surface area contributed by atoms with Crippen molar-refractivity contribution < 1.29 is 14.7 Å². The SMILES string of the molecule is CC(=O)c1cccc(NC(=O)NCC2(O)CCCCC2)c1. The van der Waals surface area contributed by atoms with Gasteiger partial charge in [-0.1, -0.05) is 31.4 Å². The molecule has 0 aromatic heterocycles. The summed E-state index contributed by atoms with van der Waals surface area (Å²) in [5.74, 6) is -0.0458. The molecule has 114 valence electrons. The van der Waals surface area contributed by atoms with Crippen LogP contribution in [-0.2, 0) is 0 Å². The fourth-order valence-electron chi connectivity index (χ4n) is 2.62. The molecule has 0 saturated heterocycles. The molecule has 1 aromatic carbocycles. The highest BCUT2D eigenvalue weighted by atomic mass is 16.3. The van der Waals surface area contributed by atoms with Gasteiger partial charge in [0.15, 0.2) is 5.78 Å². The van der Waals surface area contributed by atoms with Crippen LogP contribution in [0.4, 0.5) is 10.5 Å². The lowest BCUT2D eigenvalue weighted by Gasteiger charge is -2.32. The molecule has 0 bridgehead atoms. The maximum Gasteiger partial charge on any atom is 0.319 e. The van der Waals surface area contributed by atoms with Crippen LogP contribution in [0.15, 0.2) is 24.3 Å². The molecule has 0 spiro atoms. The minimum absolute atomic E-state index is 0.0458. The molecule has 2 amide bonds. The van der Waals surface area contributed by atoms with E-state index in [0.29, 0.717) is 11.3 Å². The standard InChI is InChI=1S/C16H22N2O3/c1-12(19)13-6-5-7-14(10-13)18-15(20)17-11-16(21)8-3-2-4-9-16/h5-7,10,21H,2-4,8-9,11H2,1H3,(H2,17,18,20). The zero-order chi connectivity index (χ0) is 15.3. The van der Waals surface area contributed by atoms with Crippen LogP contribution in [0.5, 0.6) is 0 Å². The minimum Gasteiger partial charge on any atom is -0.388 e. The Hall–Kier alpha value is -1.88. The summed E-state index contributed by atoms with van der Waals surface area (Å²) >= 11 is 0. The largest absolute Gasteiger partial charge is 0.388 e. The third-order valence-corrected chi connectivity index (χ3v) is 3.89. The van der Waals surface area contributed by atoms with E-state index >= 15 is 0 Å². The molecule has 1 aliphatic rings. The van der Waals surface area contributed by atoms with Crippen LogP contribution >= 0.6 is 0 Å². The first-order valence-corrected chi connectivity index (χ1v) is 7.37. The molecule has 1 saturated carbocycles. The Bertz CT molecular complexity index is 522. The summed E-state index contributed by atoms with van der Waals surface area (Å²) in [5.41, 5.74) is 0.339. The van der Waals surface area contributed by atoms with Gasteiger partial charge in [-0.15, -0.1) is 0 Å². The van der Waals surface area contributed by atoms with Crippen LogP contribution in [0, 0.1) is 0 Å². The Labute approximate surface area is 124 Å². The van der Waals surface area contributed by atoms with E-state index in [4.69, 9.17) is 0 Å². The lowest BCUT2D eigenvalue weighted by molar-refractivity contribution is 0.00755. The van der Waals surface area contributed by atoms with E-state index in [9.17, 15) is 14.7 Å². The van der Waals surface area contributed by atoms with Crippen molar-refractivity contribution in [2.24, 2.45) is 0 Å². The number of urea groups is 1. The van der Waals surface area contributed by atoms with Crippen molar-refractivity contribution in [3.05, 3.63) is 29.8 Å². The monoisotopic (exact) mass is 290 g/mol. The Balaban J connectivity index is 1.87. The summed E-state index contributed by atoms with van der Waals surface area (Å²) < 4.78 is 0. The molecule has 1 fully saturated rings. The molecule has 1 aliphatic carbocycles. The van der Waals surface area contributed by atoms with Gasteiger partial charge >= 0.3 is 6.03 Å². The number of rotatable bonds is 4. The first-order valence-electron chi connectivity index (χ1n) is 7.37. The first kappa shape index (κ1) is 15.5. The summed E-state index contributed by atoms with van der Waals surface area (Å²) in [6, 6.07) is 6.42. The van der Waals surface area contributed by atoms with E-state index in [-0.39, 0.29) is 18.4 Å². The van der Waals surface area contributed by atoms with Crippen LogP contribution in [0.3, 0.4) is 0 Å². The van der Waals surface area contributed by atoms with Gasteiger partial charge in [0.2, 0.25) is 0 Å². The molecular weight excluding hydrogens is 268 g/mol. The van der Waals surface area contributed by atoms with Gasteiger partial charge < -0.3 is 15.7 Å². The van der Waals surface area contributed by atoms with Crippen LogP contribution in [0.2, 0.25) is 0 Å². The number of amides is 2. The molecule has 3 N–H and O–H groups in total. The van der Waals surface area contributed by atoms with Crippen LogP contribution in [-0.4, -0.2) is 29.1 Å². The summed E-state index contributed by atoms with van der Waals surface area (Å²) in [4.78, 5) is 23.2. The quantitative estimate of drug-likeness (QED) is 0.746. The molecule has 2 rings (SSSR count). The van der Waals surface area contributed by atoms with Crippen LogP contribution in [0.25, 0.3) is 0 Å². The number of hydrogen-bond acceptors (Lipinski definition) is 3. The van der Waals surface area contributed by atoms with Gasteiger partial charge in [-0.3, -0.25) is 4.79 Å². The topological polar surface area (TPSA) is 78.4 Å². The zero-order valence-corrected chi connectivity index (χ0v) is 12.3. The highest BCUT2D eigenvalue weighted by Gasteiger charge is 2.29. The van der Waals surface area contributed by atoms with E-state index in [1.165, 1.54) is 6.92 Å². The Morgan fingerprint density at radius 1 is 1.24 bits per heavy atom. The summed E-state index contributed by atoms with van der Waals surface area (Å²) in [7, 11) is 0. The Kier molecular flexibility index (Phi) is 4.96. The maximum absolute atomic E-state index is 11.9. The van der Waals surface area contributed by atoms with Gasteiger partial charge in [0.05, 0.1) is 5.60 Å². The lowest BCUT2D eigenvalue weighted by Crippen LogP contribution is -2.45. The van der Waals surface area contributed by atoms with E-state index in [0.717, 1.165) is 32.1 Å². The molecule has 1 aromatic rings. The van der Waals surface area contributed by atoms with Crippen molar-refractivity contribution in [2.45, 2.75) is 44.6 Å². The number of carbonyl (C=O) groups excluding carboxylic acids is 2.